The number of hydrogen-bond acceptors (Lipinski definition) is 9. The summed E-state index contributed by atoms with van der Waals surface area (Å²) in [6.07, 6.45) is 2.28. The molecule has 0 saturated carbocycles. The molecule has 2 saturated heterocycles. The number of nitrogens with zero attached hydrogens (tertiary/aromatic N) is 2. The van der Waals surface area contributed by atoms with E-state index in [2.05, 4.69) is 15.3 Å². The molecule has 14 nitrogen and oxygen atoms in total. The fourth-order valence-electron chi connectivity index (χ4n) is 5.09. The molecule has 2 aromatic heterocycles. The van der Waals surface area contributed by atoms with E-state index >= 15 is 0 Å². The van der Waals surface area contributed by atoms with E-state index in [4.69, 9.17) is 15.2 Å². The normalized spacial score (nSPS) is 26.9. The van der Waals surface area contributed by atoms with Crippen molar-refractivity contribution in [3.63, 3.8) is 0 Å². The fraction of sp³-hybridized carbons (Fsp3) is 0.583. The highest BCUT2D eigenvalue weighted by Gasteiger charge is 2.39. The van der Waals surface area contributed by atoms with E-state index in [0.29, 0.717) is 24.0 Å². The maximum Gasteiger partial charge on any atom is 0.330 e. The minimum absolute atomic E-state index is 0.0858. The zero-order valence-corrected chi connectivity index (χ0v) is 21.2. The smallest absolute Gasteiger partial charge is 0.330 e. The number of H-pyrrole nitrogens is 2. The molecule has 2 aliphatic heterocycles. The third-order valence-corrected chi connectivity index (χ3v) is 7.22. The van der Waals surface area contributed by atoms with Gasteiger partial charge in [-0.1, -0.05) is 0 Å². The largest absolute Gasteiger partial charge is 0.353 e. The summed E-state index contributed by atoms with van der Waals surface area (Å²) in [6.45, 7) is 3.42. The summed E-state index contributed by atoms with van der Waals surface area (Å²) >= 11 is 0. The van der Waals surface area contributed by atoms with Gasteiger partial charge in [-0.25, -0.2) is 9.59 Å². The monoisotopic (exact) mass is 532 g/mol. The van der Waals surface area contributed by atoms with Crippen LogP contribution in [-0.4, -0.2) is 56.6 Å². The van der Waals surface area contributed by atoms with Crippen LogP contribution in [0.15, 0.2) is 31.6 Å². The van der Waals surface area contributed by atoms with Crippen LogP contribution in [0.4, 0.5) is 0 Å². The van der Waals surface area contributed by atoms with Crippen molar-refractivity contribution in [1.82, 2.24) is 24.4 Å². The standard InChI is InChI=1S/C24H32N6O8/c1-12-10-29(23(35)27-21(12)33)19-6-14(3-4-31)17(38-19)9-26-18(32)5-15-7-20(37-16(15)8-25)30-11-13(2)22(34)28-24(30)36/h4,10-11,14-17,19-20H,3,5-9,25H2,1-2H3,(H,26,32)(H,27,33,35)(H,28,34,36)/t14-,15-,16+,17+,19+,20+/m0/s1. The highest BCUT2D eigenvalue weighted by atomic mass is 16.5. The molecule has 1 amide bonds. The lowest BCUT2D eigenvalue weighted by Crippen LogP contribution is -2.38. The molecule has 0 bridgehead atoms. The average molecular weight is 533 g/mol. The Kier molecular flexibility index (Phi) is 8.23. The van der Waals surface area contributed by atoms with E-state index < -0.39 is 47.2 Å². The number of nitrogens with one attached hydrogen (secondary N) is 3. The first-order chi connectivity index (χ1) is 18.1. The molecule has 0 aliphatic carbocycles. The Balaban J connectivity index is 1.39. The van der Waals surface area contributed by atoms with Crippen LogP contribution in [0, 0.1) is 25.7 Å². The molecule has 0 radical (unpaired) electrons. The predicted molar refractivity (Wildman–Crippen MR) is 134 cm³/mol. The molecule has 0 aromatic carbocycles. The molecule has 14 heteroatoms. The molecule has 0 unspecified atom stereocenters. The number of rotatable bonds is 9. The van der Waals surface area contributed by atoms with Crippen LogP contribution < -0.4 is 33.5 Å². The van der Waals surface area contributed by atoms with Crippen LogP contribution in [0.5, 0.6) is 0 Å². The Bertz CT molecular complexity index is 1420. The van der Waals surface area contributed by atoms with E-state index in [1.165, 1.54) is 21.5 Å². The molecule has 2 aromatic rings. The molecule has 4 rings (SSSR count). The molecular weight excluding hydrogens is 500 g/mol. The van der Waals surface area contributed by atoms with Crippen molar-refractivity contribution in [2.45, 2.75) is 64.2 Å². The number of carbonyl (C=O) groups is 2. The van der Waals surface area contributed by atoms with Crippen LogP contribution in [0.1, 0.15) is 49.3 Å². The molecule has 2 aliphatic rings. The maximum atomic E-state index is 12.8. The van der Waals surface area contributed by atoms with Crippen molar-refractivity contribution in [2.24, 2.45) is 17.6 Å². The Morgan fingerprint density at radius 1 is 0.974 bits per heavy atom. The number of ether oxygens (including phenoxy) is 2. The van der Waals surface area contributed by atoms with E-state index in [-0.39, 0.29) is 43.7 Å². The average Bonchev–Trinajstić information content (AvgIpc) is 3.46. The summed E-state index contributed by atoms with van der Waals surface area (Å²) in [5.41, 5.74) is 4.40. The summed E-state index contributed by atoms with van der Waals surface area (Å²) in [4.78, 5) is 76.5. The topological polar surface area (TPSA) is 200 Å². The fourth-order valence-corrected chi connectivity index (χ4v) is 5.09. The number of aromatic nitrogens is 4. The zero-order valence-electron chi connectivity index (χ0n) is 21.2. The third kappa shape index (κ3) is 5.76. The van der Waals surface area contributed by atoms with Crippen molar-refractivity contribution >= 4 is 12.2 Å². The van der Waals surface area contributed by atoms with E-state index in [1.807, 2.05) is 0 Å². The second-order valence-corrected chi connectivity index (χ2v) is 9.85. The second-order valence-electron chi connectivity index (χ2n) is 9.85. The van der Waals surface area contributed by atoms with Crippen LogP contribution in [0.2, 0.25) is 0 Å². The molecule has 38 heavy (non-hydrogen) atoms. The zero-order chi connectivity index (χ0) is 27.6. The van der Waals surface area contributed by atoms with Gasteiger partial charge in [0.2, 0.25) is 5.91 Å². The van der Waals surface area contributed by atoms with Crippen molar-refractivity contribution in [3.05, 3.63) is 65.2 Å². The van der Waals surface area contributed by atoms with Gasteiger partial charge in [-0.15, -0.1) is 0 Å². The molecule has 6 atom stereocenters. The molecule has 2 fully saturated rings. The maximum absolute atomic E-state index is 12.8. The minimum atomic E-state index is -0.686. The van der Waals surface area contributed by atoms with Gasteiger partial charge in [0.1, 0.15) is 18.7 Å². The summed E-state index contributed by atoms with van der Waals surface area (Å²) in [5, 5.41) is 2.84. The number of aldehydes is 1. The van der Waals surface area contributed by atoms with Crippen LogP contribution >= 0.6 is 0 Å². The van der Waals surface area contributed by atoms with Gasteiger partial charge >= 0.3 is 11.4 Å². The van der Waals surface area contributed by atoms with Crippen LogP contribution in [0.3, 0.4) is 0 Å². The number of nitrogens with two attached hydrogens (primary N) is 1. The summed E-state index contributed by atoms with van der Waals surface area (Å²) in [7, 11) is 0. The van der Waals surface area contributed by atoms with Gasteiger partial charge in [0.25, 0.3) is 11.1 Å². The first-order valence-electron chi connectivity index (χ1n) is 12.5. The van der Waals surface area contributed by atoms with Gasteiger partial charge in [0.15, 0.2) is 0 Å². The number of hydrogen-bond donors (Lipinski definition) is 4. The number of amides is 1. The molecule has 4 heterocycles. The Hall–Kier alpha value is -3.62. The second kappa shape index (κ2) is 11.4. The Morgan fingerprint density at radius 3 is 2.03 bits per heavy atom. The first kappa shape index (κ1) is 27.4. The van der Waals surface area contributed by atoms with Gasteiger partial charge in [-0.05, 0) is 38.5 Å². The van der Waals surface area contributed by atoms with Crippen LogP contribution in [0.25, 0.3) is 0 Å². The van der Waals surface area contributed by atoms with Gasteiger partial charge in [-0.3, -0.25) is 33.5 Å². The van der Waals surface area contributed by atoms with Crippen molar-refractivity contribution in [3.8, 4) is 0 Å². The van der Waals surface area contributed by atoms with E-state index in [9.17, 15) is 28.8 Å². The van der Waals surface area contributed by atoms with Crippen molar-refractivity contribution < 1.29 is 19.1 Å². The minimum Gasteiger partial charge on any atom is -0.353 e. The summed E-state index contributed by atoms with van der Waals surface area (Å²) in [5.74, 6) is -0.783. The van der Waals surface area contributed by atoms with Gasteiger partial charge in [0, 0.05) is 49.5 Å². The lowest BCUT2D eigenvalue weighted by molar-refractivity contribution is -0.123. The molecule has 206 valence electrons. The third-order valence-electron chi connectivity index (χ3n) is 7.22. The number of aromatic amines is 2. The Morgan fingerprint density at radius 2 is 1.50 bits per heavy atom. The Labute approximate surface area is 216 Å². The van der Waals surface area contributed by atoms with Crippen molar-refractivity contribution in [2.75, 3.05) is 13.1 Å². The lowest BCUT2D eigenvalue weighted by atomic mass is 9.95. The molecule has 0 spiro atoms. The van der Waals surface area contributed by atoms with Gasteiger partial charge in [-0.2, -0.15) is 0 Å². The summed E-state index contributed by atoms with van der Waals surface area (Å²) in [6, 6.07) is 0. The quantitative estimate of drug-likeness (QED) is 0.279. The van der Waals surface area contributed by atoms with E-state index in [1.54, 1.807) is 13.8 Å². The highest BCUT2D eigenvalue weighted by Crippen LogP contribution is 2.35. The van der Waals surface area contributed by atoms with E-state index in [0.717, 1.165) is 6.29 Å². The SMILES string of the molecule is Cc1cn([C@H]2C[C@H](CC(=O)NC[C@H]3O[C@@H](n4cc(C)c(=O)[nH]c4=O)C[C@@H]3CC=O)[C@@H](CN)O2)c(=O)[nH]c1=O. The number of carbonyl (C=O) groups excluding carboxylic acids is 2. The molecular formula is C24H32N6O8. The summed E-state index contributed by atoms with van der Waals surface area (Å²) < 4.78 is 14.5. The van der Waals surface area contributed by atoms with Crippen LogP contribution in [-0.2, 0) is 19.1 Å². The highest BCUT2D eigenvalue weighted by molar-refractivity contribution is 5.76. The van der Waals surface area contributed by atoms with Gasteiger partial charge < -0.3 is 25.3 Å². The lowest BCUT2D eigenvalue weighted by Gasteiger charge is -2.20. The van der Waals surface area contributed by atoms with Gasteiger partial charge in [0.05, 0.1) is 12.2 Å². The van der Waals surface area contributed by atoms with Crippen molar-refractivity contribution in [1.29, 1.82) is 0 Å². The number of aryl methyl sites for hydroxylation is 2. The predicted octanol–water partition coefficient (Wildman–Crippen LogP) is -1.43. The first-order valence-corrected chi connectivity index (χ1v) is 12.5. The molecule has 5 N–H and O–H groups in total.